The second-order valence-electron chi connectivity index (χ2n) is 13.8. The van der Waals surface area contributed by atoms with Gasteiger partial charge in [0.1, 0.15) is 23.6 Å². The van der Waals surface area contributed by atoms with Crippen LogP contribution in [0, 0.1) is 0 Å². The number of carbonyl (C=O) groups is 5. The van der Waals surface area contributed by atoms with E-state index in [0.29, 0.717) is 33.9 Å². The zero-order chi connectivity index (χ0) is 38.8. The van der Waals surface area contributed by atoms with Crippen molar-refractivity contribution in [2.24, 2.45) is 7.05 Å². The number of nitrogens with one attached hydrogen (secondary N) is 2. The van der Waals surface area contributed by atoms with E-state index < -0.39 is 54.1 Å². The van der Waals surface area contributed by atoms with E-state index in [1.165, 1.54) is 33.7 Å². The normalized spacial score (nSPS) is 19.5. The molecule has 3 aliphatic heterocycles. The SMILES string of the molecule is COc1cc(-c2cn(C)c(=O)c3cc(C(=O)NC4CN(c5ccc6c(c5)C(=O)N(C5CCC(=O)NC5=O)C6=O)CC4(F)F)sc23)cc(OC)c1CN(C)C. The first-order valence-corrected chi connectivity index (χ1v) is 17.8. The molecule has 2 atom stereocenters. The third kappa shape index (κ3) is 6.26. The van der Waals surface area contributed by atoms with Gasteiger partial charge in [0.25, 0.3) is 29.2 Å². The van der Waals surface area contributed by atoms with Crippen LogP contribution in [0.4, 0.5) is 14.5 Å². The van der Waals surface area contributed by atoms with Crippen molar-refractivity contribution >= 4 is 56.6 Å². The molecule has 5 amide bonds. The van der Waals surface area contributed by atoms with Crippen LogP contribution in [-0.2, 0) is 23.2 Å². The lowest BCUT2D eigenvalue weighted by Gasteiger charge is -2.27. The summed E-state index contributed by atoms with van der Waals surface area (Å²) in [5.41, 5.74) is 1.90. The maximum absolute atomic E-state index is 15.5. The number of rotatable bonds is 9. The Hall–Kier alpha value is -5.68. The number of hydrogen-bond donors (Lipinski definition) is 2. The van der Waals surface area contributed by atoms with Crippen molar-refractivity contribution in [2.45, 2.75) is 37.4 Å². The Kier molecular flexibility index (Phi) is 9.25. The number of thiophene rings is 1. The number of hydrogen-bond acceptors (Lipinski definition) is 11. The molecule has 7 rings (SSSR count). The molecule has 282 valence electrons. The summed E-state index contributed by atoms with van der Waals surface area (Å²) >= 11 is 1.00. The highest BCUT2D eigenvalue weighted by atomic mass is 32.1. The molecule has 2 fully saturated rings. The monoisotopic (exact) mass is 762 g/mol. The molecule has 3 aliphatic rings. The van der Waals surface area contributed by atoms with Crippen molar-refractivity contribution in [3.63, 3.8) is 0 Å². The molecular weight excluding hydrogens is 727 g/mol. The number of nitrogens with zero attached hydrogens (tertiary/aromatic N) is 4. The summed E-state index contributed by atoms with van der Waals surface area (Å²) in [5.74, 6) is -5.80. The van der Waals surface area contributed by atoms with Gasteiger partial charge in [0.2, 0.25) is 11.8 Å². The Bertz CT molecular complexity index is 2310. The van der Waals surface area contributed by atoms with Gasteiger partial charge in [-0.15, -0.1) is 11.3 Å². The Labute approximate surface area is 311 Å². The van der Waals surface area contributed by atoms with Crippen LogP contribution < -0.4 is 30.6 Å². The topological polar surface area (TPSA) is 160 Å². The summed E-state index contributed by atoms with van der Waals surface area (Å²) < 4.78 is 44.3. The maximum atomic E-state index is 15.5. The summed E-state index contributed by atoms with van der Waals surface area (Å²) in [5, 5.41) is 4.83. The van der Waals surface area contributed by atoms with Crippen molar-refractivity contribution in [3.8, 4) is 22.6 Å². The Morgan fingerprint density at radius 2 is 1.69 bits per heavy atom. The van der Waals surface area contributed by atoms with Gasteiger partial charge in [-0.1, -0.05) is 0 Å². The number of aromatic nitrogens is 1. The number of amides is 5. The molecule has 17 heteroatoms. The number of pyridine rings is 1. The Balaban J connectivity index is 1.14. The van der Waals surface area contributed by atoms with E-state index in [-0.39, 0.29) is 52.0 Å². The summed E-state index contributed by atoms with van der Waals surface area (Å²) in [7, 11) is 8.51. The minimum absolute atomic E-state index is 0.0147. The van der Waals surface area contributed by atoms with Crippen LogP contribution in [0.2, 0.25) is 0 Å². The molecule has 0 bridgehead atoms. The molecule has 4 aromatic rings. The number of alkyl halides is 2. The molecular formula is C37H36F2N6O8S. The van der Waals surface area contributed by atoms with Crippen LogP contribution >= 0.6 is 11.3 Å². The van der Waals surface area contributed by atoms with Crippen molar-refractivity contribution in [1.29, 1.82) is 0 Å². The predicted molar refractivity (Wildman–Crippen MR) is 195 cm³/mol. The number of methoxy groups -OCH3 is 2. The van der Waals surface area contributed by atoms with E-state index in [1.807, 2.05) is 31.1 Å². The summed E-state index contributed by atoms with van der Waals surface area (Å²) in [6, 6.07) is 6.33. The fourth-order valence-electron chi connectivity index (χ4n) is 7.20. The summed E-state index contributed by atoms with van der Waals surface area (Å²) in [6.07, 6.45) is 1.58. The lowest BCUT2D eigenvalue weighted by atomic mass is 10.0. The molecule has 5 heterocycles. The number of carbonyl (C=O) groups excluding carboxylic acids is 5. The van der Waals surface area contributed by atoms with Gasteiger partial charge in [-0.2, -0.15) is 0 Å². The number of fused-ring (bicyclic) bond motifs is 2. The van der Waals surface area contributed by atoms with E-state index in [1.54, 1.807) is 27.5 Å². The molecule has 2 saturated heterocycles. The average Bonchev–Trinajstić information content (AvgIpc) is 3.78. The van der Waals surface area contributed by atoms with Crippen molar-refractivity contribution in [2.75, 3.05) is 46.3 Å². The summed E-state index contributed by atoms with van der Waals surface area (Å²) in [6.45, 7) is -0.580. The van der Waals surface area contributed by atoms with E-state index in [9.17, 15) is 28.8 Å². The van der Waals surface area contributed by atoms with Crippen molar-refractivity contribution < 1.29 is 42.2 Å². The molecule has 0 saturated carbocycles. The zero-order valence-electron chi connectivity index (χ0n) is 30.0. The van der Waals surface area contributed by atoms with E-state index in [4.69, 9.17) is 9.47 Å². The lowest BCUT2D eigenvalue weighted by Crippen LogP contribution is -2.54. The first kappa shape index (κ1) is 36.7. The second kappa shape index (κ2) is 13.6. The fourth-order valence-corrected chi connectivity index (χ4v) is 8.28. The van der Waals surface area contributed by atoms with Gasteiger partial charge in [-0.3, -0.25) is 39.0 Å². The van der Waals surface area contributed by atoms with Gasteiger partial charge in [0.15, 0.2) is 0 Å². The van der Waals surface area contributed by atoms with Crippen molar-refractivity contribution in [3.05, 3.63) is 74.5 Å². The number of aryl methyl sites for hydroxylation is 1. The minimum atomic E-state index is -3.40. The second-order valence-corrected chi connectivity index (χ2v) is 14.8. The standard InChI is InChI=1S/C37H36F2N6O8S/c1-42(2)14-24-26(52-4)10-18(11-27(24)53-5)23-15-43(3)34(49)22-13-28(54-31(22)23)33(48)40-29-16-44(17-37(29,38)39)19-6-7-20-21(12-19)36(51)45(35(20)50)25-8-9-30(46)41-32(25)47/h6-7,10-13,15,25,29H,8-9,14,16-17H2,1-5H3,(H,40,48)(H,41,46,47). The van der Waals surface area contributed by atoms with Crippen LogP contribution in [-0.4, -0.2) is 103 Å². The minimum Gasteiger partial charge on any atom is -0.496 e. The molecule has 0 spiro atoms. The number of ether oxygens (including phenoxy) is 2. The van der Waals surface area contributed by atoms with Crippen LogP contribution in [0.1, 0.15) is 48.8 Å². The molecule has 0 radical (unpaired) electrons. The van der Waals surface area contributed by atoms with E-state index >= 15 is 8.78 Å². The van der Waals surface area contributed by atoms with Gasteiger partial charge in [-0.05, 0) is 62.5 Å². The number of imide groups is 2. The largest absolute Gasteiger partial charge is 0.496 e. The number of piperidine rings is 1. The third-order valence-corrected chi connectivity index (χ3v) is 11.0. The van der Waals surface area contributed by atoms with Gasteiger partial charge < -0.3 is 29.2 Å². The molecule has 54 heavy (non-hydrogen) atoms. The number of anilines is 1. The smallest absolute Gasteiger partial charge is 0.286 e. The zero-order valence-corrected chi connectivity index (χ0v) is 30.8. The van der Waals surface area contributed by atoms with E-state index in [0.717, 1.165) is 21.8 Å². The molecule has 2 unspecified atom stereocenters. The van der Waals surface area contributed by atoms with Gasteiger partial charge >= 0.3 is 0 Å². The van der Waals surface area contributed by atoms with Crippen LogP contribution in [0.3, 0.4) is 0 Å². The fraction of sp³-hybridized carbons (Fsp3) is 0.351. The number of benzene rings is 2. The molecule has 2 aromatic heterocycles. The van der Waals surface area contributed by atoms with E-state index in [2.05, 4.69) is 10.6 Å². The van der Waals surface area contributed by atoms with Gasteiger partial charge in [-0.25, -0.2) is 8.78 Å². The third-order valence-electron chi connectivity index (χ3n) is 9.88. The highest BCUT2D eigenvalue weighted by Crippen LogP contribution is 2.40. The first-order valence-electron chi connectivity index (χ1n) is 16.9. The lowest BCUT2D eigenvalue weighted by molar-refractivity contribution is -0.136. The molecule has 2 aromatic carbocycles. The van der Waals surface area contributed by atoms with Crippen molar-refractivity contribution in [1.82, 2.24) is 25.0 Å². The van der Waals surface area contributed by atoms with Gasteiger partial charge in [0, 0.05) is 48.7 Å². The van der Waals surface area contributed by atoms with Gasteiger partial charge in [0.05, 0.1) is 47.7 Å². The van der Waals surface area contributed by atoms with Crippen LogP contribution in [0.15, 0.2) is 47.4 Å². The first-order chi connectivity index (χ1) is 25.6. The Morgan fingerprint density at radius 3 is 2.33 bits per heavy atom. The highest BCUT2D eigenvalue weighted by molar-refractivity contribution is 7.21. The average molecular weight is 763 g/mol. The number of halogens is 2. The van der Waals surface area contributed by atoms with Crippen LogP contribution in [0.5, 0.6) is 11.5 Å². The predicted octanol–water partition coefficient (Wildman–Crippen LogP) is 3.00. The maximum Gasteiger partial charge on any atom is 0.286 e. The molecule has 2 N–H and O–H groups in total. The van der Waals surface area contributed by atoms with Crippen LogP contribution in [0.25, 0.3) is 21.2 Å². The quantitative estimate of drug-likeness (QED) is 0.243. The Morgan fingerprint density at radius 1 is 1.00 bits per heavy atom. The molecule has 0 aliphatic carbocycles. The molecule has 14 nitrogen and oxygen atoms in total. The summed E-state index contributed by atoms with van der Waals surface area (Å²) in [4.78, 5) is 81.5. The highest BCUT2D eigenvalue weighted by Gasteiger charge is 2.50.